The van der Waals surface area contributed by atoms with E-state index in [-0.39, 0.29) is 16.4 Å². The van der Waals surface area contributed by atoms with Crippen molar-refractivity contribution in [1.82, 2.24) is 19.2 Å². The van der Waals surface area contributed by atoms with Gasteiger partial charge in [0.2, 0.25) is 0 Å². The molecular weight excluding hydrogens is 302 g/mol. The van der Waals surface area contributed by atoms with Crippen molar-refractivity contribution in [1.29, 1.82) is 0 Å². The first kappa shape index (κ1) is 13.9. The van der Waals surface area contributed by atoms with E-state index in [0.29, 0.717) is 5.56 Å². The maximum absolute atomic E-state index is 12.5. The van der Waals surface area contributed by atoms with Crippen molar-refractivity contribution in [2.75, 3.05) is 0 Å². The van der Waals surface area contributed by atoms with Gasteiger partial charge in [0.15, 0.2) is 11.5 Å². The number of rotatable bonds is 3. The van der Waals surface area contributed by atoms with E-state index < -0.39 is 10.0 Å². The Kier molecular flexibility index (Phi) is 3.40. The van der Waals surface area contributed by atoms with Gasteiger partial charge in [-0.3, -0.25) is 4.98 Å². The Bertz CT molecular complexity index is 958. The van der Waals surface area contributed by atoms with Crippen LogP contribution < -0.4 is 0 Å². The SMILES string of the molecule is [C-]#[N+]c1cccc(S(=O)(=O)n2cnc(-c3ccncc3)n2)c1. The highest BCUT2D eigenvalue weighted by Gasteiger charge is 2.19. The van der Waals surface area contributed by atoms with Gasteiger partial charge in [-0.2, -0.15) is 8.42 Å². The van der Waals surface area contributed by atoms with Crippen LogP contribution >= 0.6 is 0 Å². The molecule has 3 aromatic rings. The largest absolute Gasteiger partial charge is 0.283 e. The molecule has 1 aromatic carbocycles. The average Bonchev–Trinajstić information content (AvgIpc) is 3.06. The molecule has 0 atom stereocenters. The first-order chi connectivity index (χ1) is 10.6. The van der Waals surface area contributed by atoms with Gasteiger partial charge in [0.1, 0.15) is 6.33 Å². The average molecular weight is 311 g/mol. The summed E-state index contributed by atoms with van der Waals surface area (Å²) in [5.74, 6) is 0.285. The second kappa shape index (κ2) is 5.38. The summed E-state index contributed by atoms with van der Waals surface area (Å²) < 4.78 is 25.8. The molecule has 7 nitrogen and oxygen atoms in total. The van der Waals surface area contributed by atoms with Gasteiger partial charge in [0.05, 0.1) is 11.5 Å². The monoisotopic (exact) mass is 311 g/mol. The van der Waals surface area contributed by atoms with Gasteiger partial charge in [-0.1, -0.05) is 12.1 Å². The first-order valence-electron chi connectivity index (χ1n) is 6.16. The van der Waals surface area contributed by atoms with Crippen LogP contribution in [0.4, 0.5) is 5.69 Å². The molecule has 22 heavy (non-hydrogen) atoms. The highest BCUT2D eigenvalue weighted by molar-refractivity contribution is 7.89. The number of pyridine rings is 1. The number of nitrogens with zero attached hydrogens (tertiary/aromatic N) is 5. The van der Waals surface area contributed by atoms with E-state index in [4.69, 9.17) is 6.57 Å². The lowest BCUT2D eigenvalue weighted by atomic mass is 10.3. The minimum atomic E-state index is -3.87. The molecule has 0 aliphatic rings. The van der Waals surface area contributed by atoms with Gasteiger partial charge in [-0.05, 0) is 24.3 Å². The summed E-state index contributed by atoms with van der Waals surface area (Å²) >= 11 is 0. The molecule has 8 heteroatoms. The van der Waals surface area contributed by atoms with Crippen molar-refractivity contribution in [2.45, 2.75) is 4.90 Å². The Hall–Kier alpha value is -3.05. The molecule has 3 rings (SSSR count). The van der Waals surface area contributed by atoms with Crippen LogP contribution in [0.15, 0.2) is 60.0 Å². The summed E-state index contributed by atoms with van der Waals surface area (Å²) in [7, 11) is -3.87. The van der Waals surface area contributed by atoms with Crippen molar-refractivity contribution in [2.24, 2.45) is 0 Å². The molecule has 0 amide bonds. The van der Waals surface area contributed by atoms with Gasteiger partial charge in [-0.25, -0.2) is 9.83 Å². The van der Waals surface area contributed by atoms with Crippen molar-refractivity contribution in [3.63, 3.8) is 0 Å². The number of aromatic nitrogens is 4. The van der Waals surface area contributed by atoms with Crippen LogP contribution in [0, 0.1) is 6.57 Å². The topological polar surface area (TPSA) is 82.1 Å². The third-order valence-electron chi connectivity index (χ3n) is 2.90. The van der Waals surface area contributed by atoms with Gasteiger partial charge >= 0.3 is 0 Å². The minimum Gasteiger partial charge on any atom is -0.265 e. The fourth-order valence-electron chi connectivity index (χ4n) is 1.82. The van der Waals surface area contributed by atoms with Crippen LogP contribution in [-0.2, 0) is 10.0 Å². The summed E-state index contributed by atoms with van der Waals surface area (Å²) in [6.45, 7) is 6.96. The van der Waals surface area contributed by atoms with Crippen LogP contribution in [0.3, 0.4) is 0 Å². The third-order valence-corrected chi connectivity index (χ3v) is 4.42. The molecular formula is C14H9N5O2S. The second-order valence-corrected chi connectivity index (χ2v) is 6.09. The summed E-state index contributed by atoms with van der Waals surface area (Å²) in [4.78, 5) is 11.1. The maximum atomic E-state index is 12.5. The standard InChI is InChI=1S/C14H9N5O2S/c1-15-12-3-2-4-13(9-12)22(20,21)19-10-17-14(18-19)11-5-7-16-8-6-11/h2-10H. The predicted molar refractivity (Wildman–Crippen MR) is 78.5 cm³/mol. The lowest BCUT2D eigenvalue weighted by Crippen LogP contribution is -2.13. The molecule has 0 unspecified atom stereocenters. The number of hydrogen-bond acceptors (Lipinski definition) is 5. The molecule has 0 saturated heterocycles. The molecule has 0 bridgehead atoms. The van der Waals surface area contributed by atoms with E-state index in [1.807, 2.05) is 0 Å². The Labute approximate surface area is 126 Å². The lowest BCUT2D eigenvalue weighted by Gasteiger charge is -2.03. The van der Waals surface area contributed by atoms with Gasteiger partial charge in [-0.15, -0.1) is 9.19 Å². The molecule has 2 aromatic heterocycles. The highest BCUT2D eigenvalue weighted by Crippen LogP contribution is 2.20. The van der Waals surface area contributed by atoms with E-state index in [1.54, 1.807) is 24.5 Å². The van der Waals surface area contributed by atoms with E-state index in [0.717, 1.165) is 10.4 Å². The van der Waals surface area contributed by atoms with Crippen LogP contribution in [0.5, 0.6) is 0 Å². The third kappa shape index (κ3) is 2.45. The minimum absolute atomic E-state index is 0.00724. The smallest absolute Gasteiger partial charge is 0.265 e. The quantitative estimate of drug-likeness (QED) is 0.692. The molecule has 0 fully saturated rings. The van der Waals surface area contributed by atoms with Gasteiger partial charge in [0, 0.05) is 18.0 Å². The molecule has 0 aliphatic carbocycles. The van der Waals surface area contributed by atoms with Crippen LogP contribution in [0.1, 0.15) is 0 Å². The Morgan fingerprint density at radius 3 is 2.64 bits per heavy atom. The van der Waals surface area contributed by atoms with Crippen molar-refractivity contribution in [3.8, 4) is 11.4 Å². The maximum Gasteiger partial charge on any atom is 0.283 e. The zero-order chi connectivity index (χ0) is 15.6. The normalized spacial score (nSPS) is 11.0. The van der Waals surface area contributed by atoms with E-state index in [1.165, 1.54) is 24.3 Å². The highest BCUT2D eigenvalue weighted by atomic mass is 32.2. The zero-order valence-electron chi connectivity index (χ0n) is 11.2. The van der Waals surface area contributed by atoms with E-state index in [2.05, 4.69) is 19.9 Å². The van der Waals surface area contributed by atoms with Crippen LogP contribution in [0.25, 0.3) is 16.2 Å². The first-order valence-corrected chi connectivity index (χ1v) is 7.60. The fraction of sp³-hybridized carbons (Fsp3) is 0. The molecule has 0 N–H and O–H groups in total. The van der Waals surface area contributed by atoms with Crippen molar-refractivity contribution < 1.29 is 8.42 Å². The lowest BCUT2D eigenvalue weighted by molar-refractivity contribution is 0.580. The van der Waals surface area contributed by atoms with Gasteiger partial charge < -0.3 is 0 Å². The van der Waals surface area contributed by atoms with Crippen molar-refractivity contribution in [3.05, 3.63) is 66.5 Å². The summed E-state index contributed by atoms with van der Waals surface area (Å²) in [5.41, 5.74) is 0.911. The Balaban J connectivity index is 2.04. The van der Waals surface area contributed by atoms with E-state index in [9.17, 15) is 8.42 Å². The molecule has 108 valence electrons. The molecule has 0 aliphatic heterocycles. The summed E-state index contributed by atoms with van der Waals surface area (Å²) in [5, 5.41) is 4.00. The number of hydrogen-bond donors (Lipinski definition) is 0. The molecule has 0 spiro atoms. The Morgan fingerprint density at radius 1 is 1.14 bits per heavy atom. The van der Waals surface area contributed by atoms with Gasteiger partial charge in [0.25, 0.3) is 10.0 Å². The molecule has 2 heterocycles. The fourth-order valence-corrected chi connectivity index (χ4v) is 2.91. The summed E-state index contributed by atoms with van der Waals surface area (Å²) in [6.07, 6.45) is 4.28. The summed E-state index contributed by atoms with van der Waals surface area (Å²) in [6, 6.07) is 9.14. The molecule has 0 saturated carbocycles. The van der Waals surface area contributed by atoms with E-state index >= 15 is 0 Å². The zero-order valence-corrected chi connectivity index (χ0v) is 12.0. The predicted octanol–water partition coefficient (Wildman–Crippen LogP) is 2.13. The van der Waals surface area contributed by atoms with Crippen LogP contribution in [-0.4, -0.2) is 27.6 Å². The number of benzene rings is 1. The van der Waals surface area contributed by atoms with Crippen molar-refractivity contribution >= 4 is 15.7 Å². The van der Waals surface area contributed by atoms with Crippen LogP contribution in [0.2, 0.25) is 0 Å². The molecule has 0 radical (unpaired) electrons. The second-order valence-electron chi connectivity index (χ2n) is 4.29. The Morgan fingerprint density at radius 2 is 1.91 bits per heavy atom.